The molecule has 0 radical (unpaired) electrons. The van der Waals surface area contributed by atoms with Gasteiger partial charge in [-0.1, -0.05) is 0 Å². The zero-order valence-corrected chi connectivity index (χ0v) is 14.4. The van der Waals surface area contributed by atoms with Gasteiger partial charge in [-0.2, -0.15) is 5.26 Å². The van der Waals surface area contributed by atoms with Gasteiger partial charge in [-0.15, -0.1) is 0 Å². The number of anilines is 1. The molecular weight excluding hydrogens is 277 g/mol. The second-order valence-electron chi connectivity index (χ2n) is 7.74. The van der Waals surface area contributed by atoms with E-state index < -0.39 is 18.3 Å². The molecule has 1 aromatic heterocycles. The van der Waals surface area contributed by atoms with Crippen LogP contribution in [-0.4, -0.2) is 28.8 Å². The molecule has 2 rings (SSSR count). The molecule has 1 N–H and O–H groups in total. The molecule has 0 spiro atoms. The van der Waals surface area contributed by atoms with Crippen LogP contribution in [0.2, 0.25) is 0 Å². The average molecular weight is 301 g/mol. The van der Waals surface area contributed by atoms with Crippen molar-refractivity contribution in [3.63, 3.8) is 0 Å². The molecule has 2 heterocycles. The zero-order valence-electron chi connectivity index (χ0n) is 14.4. The highest BCUT2D eigenvalue weighted by molar-refractivity contribution is 6.62. The lowest BCUT2D eigenvalue weighted by atomic mass is 9.79. The Hall–Kier alpha value is -1.58. The lowest BCUT2D eigenvalue weighted by Gasteiger charge is -2.32. The minimum absolute atomic E-state index is 0.162. The normalized spacial score (nSPS) is 19.8. The number of aromatic nitrogens is 1. The maximum atomic E-state index is 9.38. The molecule has 0 amide bonds. The Bertz CT molecular complexity index is 599. The minimum atomic E-state index is -0.506. The lowest BCUT2D eigenvalue weighted by Crippen LogP contribution is -2.41. The predicted octanol–water partition coefficient (Wildman–Crippen LogP) is 2.46. The molecule has 0 aromatic carbocycles. The Morgan fingerprint density at radius 1 is 1.18 bits per heavy atom. The summed E-state index contributed by atoms with van der Waals surface area (Å²) in [5, 5.41) is 12.6. The zero-order chi connectivity index (χ0) is 16.8. The van der Waals surface area contributed by atoms with Crippen LogP contribution >= 0.6 is 0 Å². The van der Waals surface area contributed by atoms with E-state index in [2.05, 4.69) is 16.4 Å². The summed E-state index contributed by atoms with van der Waals surface area (Å²) in [6.07, 6.45) is 1.71. The van der Waals surface area contributed by atoms with E-state index in [0.717, 1.165) is 5.46 Å². The summed E-state index contributed by atoms with van der Waals surface area (Å²) in [5.74, 6) is 0.579. The van der Waals surface area contributed by atoms with Gasteiger partial charge in [0, 0.05) is 17.2 Å². The number of nitriles is 1. The summed E-state index contributed by atoms with van der Waals surface area (Å²) in [4.78, 5) is 4.38. The molecule has 22 heavy (non-hydrogen) atoms. The Balaban J connectivity index is 2.30. The van der Waals surface area contributed by atoms with Crippen LogP contribution < -0.4 is 10.8 Å². The van der Waals surface area contributed by atoms with Gasteiger partial charge in [-0.3, -0.25) is 0 Å². The number of hydrogen-bond acceptors (Lipinski definition) is 5. The number of rotatable bonds is 2. The first-order valence-electron chi connectivity index (χ1n) is 7.49. The monoisotopic (exact) mass is 301 g/mol. The van der Waals surface area contributed by atoms with Crippen LogP contribution in [0, 0.1) is 11.3 Å². The second kappa shape index (κ2) is 5.25. The molecule has 1 aromatic rings. The van der Waals surface area contributed by atoms with Gasteiger partial charge >= 0.3 is 7.12 Å². The Morgan fingerprint density at radius 3 is 2.18 bits per heavy atom. The van der Waals surface area contributed by atoms with Crippen molar-refractivity contribution in [1.29, 1.82) is 5.26 Å². The quantitative estimate of drug-likeness (QED) is 0.850. The number of pyridine rings is 1. The van der Waals surface area contributed by atoms with Gasteiger partial charge < -0.3 is 14.6 Å². The summed E-state index contributed by atoms with van der Waals surface area (Å²) >= 11 is 0. The topological polar surface area (TPSA) is 67.2 Å². The molecule has 0 aliphatic carbocycles. The van der Waals surface area contributed by atoms with Crippen molar-refractivity contribution >= 4 is 18.4 Å². The largest absolute Gasteiger partial charge is 0.496 e. The van der Waals surface area contributed by atoms with Crippen molar-refractivity contribution in [3.8, 4) is 6.07 Å². The molecule has 6 heteroatoms. The van der Waals surface area contributed by atoms with Gasteiger partial charge in [0.2, 0.25) is 0 Å². The Kier molecular flexibility index (Phi) is 4.01. The molecule has 1 fully saturated rings. The molecule has 0 atom stereocenters. The Labute approximate surface area is 133 Å². The number of hydrogen-bond donors (Lipinski definition) is 1. The molecule has 5 nitrogen and oxygen atoms in total. The van der Waals surface area contributed by atoms with E-state index >= 15 is 0 Å². The van der Waals surface area contributed by atoms with Crippen LogP contribution in [0.1, 0.15) is 54.0 Å². The molecule has 1 saturated heterocycles. The standard InChI is InChI=1S/C16H24BN3O2/c1-14(2,3)20-13-11(9-18)8-12(10-19-13)17-21-15(4,5)16(6,7)22-17/h8,10H,1-7H3,(H,19,20). The third kappa shape index (κ3) is 3.26. The predicted molar refractivity (Wildman–Crippen MR) is 88.0 cm³/mol. The first-order valence-corrected chi connectivity index (χ1v) is 7.49. The van der Waals surface area contributed by atoms with Gasteiger partial charge in [0.05, 0.1) is 16.8 Å². The number of nitrogens with one attached hydrogen (secondary N) is 1. The molecule has 1 aliphatic heterocycles. The van der Waals surface area contributed by atoms with E-state index in [1.54, 1.807) is 12.3 Å². The molecular formula is C16H24BN3O2. The van der Waals surface area contributed by atoms with Gasteiger partial charge in [0.15, 0.2) is 0 Å². The van der Waals surface area contributed by atoms with Crippen molar-refractivity contribution in [3.05, 3.63) is 17.8 Å². The van der Waals surface area contributed by atoms with Crippen molar-refractivity contribution in [2.24, 2.45) is 0 Å². The van der Waals surface area contributed by atoms with E-state index in [9.17, 15) is 5.26 Å². The smallest absolute Gasteiger partial charge is 0.399 e. The second-order valence-corrected chi connectivity index (χ2v) is 7.74. The van der Waals surface area contributed by atoms with Gasteiger partial charge in [0.25, 0.3) is 0 Å². The maximum Gasteiger partial charge on any atom is 0.496 e. The van der Waals surface area contributed by atoms with Crippen LogP contribution in [0.15, 0.2) is 12.3 Å². The molecule has 0 bridgehead atoms. The first kappa shape index (κ1) is 16.8. The fourth-order valence-corrected chi connectivity index (χ4v) is 2.13. The van der Waals surface area contributed by atoms with Crippen molar-refractivity contribution in [1.82, 2.24) is 4.98 Å². The van der Waals surface area contributed by atoms with Gasteiger partial charge in [0.1, 0.15) is 11.9 Å². The summed E-state index contributed by atoms with van der Waals surface area (Å²) < 4.78 is 12.0. The maximum absolute atomic E-state index is 9.38. The van der Waals surface area contributed by atoms with Crippen LogP contribution in [0.4, 0.5) is 5.82 Å². The Morgan fingerprint density at radius 2 is 1.73 bits per heavy atom. The van der Waals surface area contributed by atoms with E-state index in [1.165, 1.54) is 0 Å². The third-order valence-electron chi connectivity index (χ3n) is 4.05. The highest BCUT2D eigenvalue weighted by Gasteiger charge is 2.51. The summed E-state index contributed by atoms with van der Waals surface area (Å²) in [5.41, 5.74) is 0.265. The first-order chi connectivity index (χ1) is 9.95. The van der Waals surface area contributed by atoms with Crippen molar-refractivity contribution < 1.29 is 9.31 Å². The number of nitrogens with zero attached hydrogens (tertiary/aromatic N) is 2. The van der Waals surface area contributed by atoms with Crippen LogP contribution in [0.5, 0.6) is 0 Å². The SMILES string of the molecule is CC(C)(C)Nc1ncc(B2OC(C)(C)C(C)(C)O2)cc1C#N. The lowest BCUT2D eigenvalue weighted by molar-refractivity contribution is 0.00578. The molecule has 118 valence electrons. The summed E-state index contributed by atoms with van der Waals surface area (Å²) in [6.45, 7) is 14.1. The van der Waals surface area contributed by atoms with Crippen molar-refractivity contribution in [2.45, 2.75) is 65.2 Å². The highest BCUT2D eigenvalue weighted by atomic mass is 16.7. The molecule has 0 saturated carbocycles. The van der Waals surface area contributed by atoms with Crippen molar-refractivity contribution in [2.75, 3.05) is 5.32 Å². The van der Waals surface area contributed by atoms with E-state index in [0.29, 0.717) is 11.4 Å². The summed E-state index contributed by atoms with van der Waals surface area (Å²) in [6, 6.07) is 3.97. The highest BCUT2D eigenvalue weighted by Crippen LogP contribution is 2.36. The van der Waals surface area contributed by atoms with Gasteiger partial charge in [-0.25, -0.2) is 4.98 Å². The fraction of sp³-hybridized carbons (Fsp3) is 0.625. The third-order valence-corrected chi connectivity index (χ3v) is 4.05. The minimum Gasteiger partial charge on any atom is -0.399 e. The van der Waals surface area contributed by atoms with Crippen LogP contribution in [0.25, 0.3) is 0 Å². The van der Waals surface area contributed by atoms with Gasteiger partial charge in [-0.05, 0) is 54.5 Å². The van der Waals surface area contributed by atoms with Crippen LogP contribution in [0.3, 0.4) is 0 Å². The molecule has 0 unspecified atom stereocenters. The average Bonchev–Trinajstić information content (AvgIpc) is 2.57. The van der Waals surface area contributed by atoms with E-state index in [1.807, 2.05) is 48.5 Å². The van der Waals surface area contributed by atoms with E-state index in [-0.39, 0.29) is 5.54 Å². The van der Waals surface area contributed by atoms with Crippen LogP contribution in [-0.2, 0) is 9.31 Å². The van der Waals surface area contributed by atoms with E-state index in [4.69, 9.17) is 9.31 Å². The fourth-order valence-electron chi connectivity index (χ4n) is 2.13. The summed E-state index contributed by atoms with van der Waals surface area (Å²) in [7, 11) is -0.506. The molecule has 1 aliphatic rings.